The fourth-order valence-electron chi connectivity index (χ4n) is 3.06. The second kappa shape index (κ2) is 8.14. The van der Waals surface area contributed by atoms with E-state index in [9.17, 15) is 9.59 Å². The van der Waals surface area contributed by atoms with E-state index in [1.165, 1.54) is 5.56 Å². The molecule has 1 aromatic carbocycles. The van der Waals surface area contributed by atoms with Gasteiger partial charge >= 0.3 is 0 Å². The molecular weight excluding hydrogens is 288 g/mol. The van der Waals surface area contributed by atoms with Gasteiger partial charge in [-0.15, -0.1) is 0 Å². The average Bonchev–Trinajstić information content (AvgIpc) is 2.53. The lowest BCUT2D eigenvalue weighted by molar-refractivity contribution is -0.130. The van der Waals surface area contributed by atoms with Crippen molar-refractivity contribution < 1.29 is 9.59 Å². The molecule has 126 valence electrons. The molecule has 0 aromatic heterocycles. The van der Waals surface area contributed by atoms with Gasteiger partial charge in [0.25, 0.3) is 0 Å². The quantitative estimate of drug-likeness (QED) is 0.877. The van der Waals surface area contributed by atoms with E-state index < -0.39 is 0 Å². The van der Waals surface area contributed by atoms with Gasteiger partial charge in [0.1, 0.15) is 0 Å². The smallest absolute Gasteiger partial charge is 0.223 e. The van der Waals surface area contributed by atoms with E-state index >= 15 is 0 Å². The van der Waals surface area contributed by atoms with Gasteiger partial charge in [0.2, 0.25) is 11.8 Å². The number of hydrogen-bond donors (Lipinski definition) is 2. The van der Waals surface area contributed by atoms with Crippen molar-refractivity contribution in [3.05, 3.63) is 35.4 Å². The van der Waals surface area contributed by atoms with E-state index in [1.807, 2.05) is 26.0 Å². The van der Waals surface area contributed by atoms with Crippen LogP contribution in [0.1, 0.15) is 50.7 Å². The van der Waals surface area contributed by atoms with Gasteiger partial charge in [-0.25, -0.2) is 0 Å². The molecule has 1 fully saturated rings. The molecule has 4 nitrogen and oxygen atoms in total. The van der Waals surface area contributed by atoms with E-state index in [0.29, 0.717) is 6.54 Å². The molecule has 0 spiro atoms. The minimum absolute atomic E-state index is 0.0450. The third-order valence-corrected chi connectivity index (χ3v) is 4.49. The summed E-state index contributed by atoms with van der Waals surface area (Å²) in [6.07, 6.45) is 3.22. The first-order valence-corrected chi connectivity index (χ1v) is 8.59. The van der Waals surface area contributed by atoms with Crippen molar-refractivity contribution in [2.75, 3.05) is 0 Å². The monoisotopic (exact) mass is 316 g/mol. The van der Waals surface area contributed by atoms with Crippen molar-refractivity contribution in [3.8, 4) is 0 Å². The lowest BCUT2D eigenvalue weighted by atomic mass is 9.81. The number of carbonyl (C=O) groups is 2. The zero-order valence-corrected chi connectivity index (χ0v) is 14.4. The summed E-state index contributed by atoms with van der Waals surface area (Å²) in [7, 11) is 0. The van der Waals surface area contributed by atoms with Crippen LogP contribution in [0.25, 0.3) is 0 Å². The van der Waals surface area contributed by atoms with Crippen LogP contribution < -0.4 is 10.6 Å². The van der Waals surface area contributed by atoms with Gasteiger partial charge in [0.05, 0.1) is 0 Å². The fraction of sp³-hybridized carbons (Fsp3) is 0.579. The topological polar surface area (TPSA) is 58.2 Å². The van der Waals surface area contributed by atoms with Crippen LogP contribution in [0.15, 0.2) is 24.3 Å². The molecule has 1 saturated carbocycles. The summed E-state index contributed by atoms with van der Waals surface area (Å²) in [5.41, 5.74) is 2.34. The van der Waals surface area contributed by atoms with Crippen molar-refractivity contribution >= 4 is 11.8 Å². The molecule has 0 atom stereocenters. The molecule has 2 amide bonds. The van der Waals surface area contributed by atoms with Gasteiger partial charge in [-0.2, -0.15) is 0 Å². The zero-order valence-electron chi connectivity index (χ0n) is 14.4. The lowest BCUT2D eigenvalue weighted by Gasteiger charge is -2.27. The van der Waals surface area contributed by atoms with E-state index in [1.54, 1.807) is 0 Å². The zero-order chi connectivity index (χ0) is 16.8. The maximum atomic E-state index is 12.3. The Hall–Kier alpha value is -1.84. The molecule has 1 aromatic rings. The van der Waals surface area contributed by atoms with Crippen molar-refractivity contribution in [2.45, 2.75) is 59.0 Å². The highest BCUT2D eigenvalue weighted by Crippen LogP contribution is 2.29. The SMILES string of the molecule is Cc1ccc(CNC(=O)C2CCC(C(=O)NC(C)C)CC2)cc1. The van der Waals surface area contributed by atoms with Gasteiger partial charge < -0.3 is 10.6 Å². The Bertz CT molecular complexity index is 529. The standard InChI is InChI=1S/C19H28N2O2/c1-13(2)21-19(23)17-10-8-16(9-11-17)18(22)20-12-15-6-4-14(3)5-7-15/h4-7,13,16-17H,8-12H2,1-3H3,(H,20,22)(H,21,23). The molecule has 0 radical (unpaired) electrons. The number of benzene rings is 1. The first-order chi connectivity index (χ1) is 11.0. The summed E-state index contributed by atoms with van der Waals surface area (Å²) in [6, 6.07) is 8.38. The van der Waals surface area contributed by atoms with E-state index in [2.05, 4.69) is 29.7 Å². The predicted octanol–water partition coefficient (Wildman–Crippen LogP) is 2.94. The molecule has 2 N–H and O–H groups in total. The van der Waals surface area contributed by atoms with Crippen LogP contribution in [0.5, 0.6) is 0 Å². The van der Waals surface area contributed by atoms with E-state index in [-0.39, 0.29) is 29.7 Å². The van der Waals surface area contributed by atoms with Crippen molar-refractivity contribution in [3.63, 3.8) is 0 Å². The number of rotatable bonds is 5. The first kappa shape index (κ1) is 17.5. The minimum Gasteiger partial charge on any atom is -0.354 e. The summed E-state index contributed by atoms with van der Waals surface area (Å²) in [4.78, 5) is 24.3. The molecule has 2 rings (SSSR count). The second-order valence-corrected chi connectivity index (χ2v) is 6.92. The number of amides is 2. The number of nitrogens with one attached hydrogen (secondary N) is 2. The highest BCUT2D eigenvalue weighted by molar-refractivity contribution is 5.81. The normalized spacial score (nSPS) is 21.0. The van der Waals surface area contributed by atoms with E-state index in [0.717, 1.165) is 31.2 Å². The third kappa shape index (κ3) is 5.38. The maximum Gasteiger partial charge on any atom is 0.223 e. The Morgan fingerprint density at radius 1 is 1.00 bits per heavy atom. The predicted molar refractivity (Wildman–Crippen MR) is 91.8 cm³/mol. The fourth-order valence-corrected chi connectivity index (χ4v) is 3.06. The van der Waals surface area contributed by atoms with Crippen LogP contribution in [0.4, 0.5) is 0 Å². The van der Waals surface area contributed by atoms with Crippen LogP contribution >= 0.6 is 0 Å². The molecule has 0 aliphatic heterocycles. The Labute approximate surface area is 139 Å². The summed E-state index contributed by atoms with van der Waals surface area (Å²) in [5, 5.41) is 5.99. The molecule has 1 aliphatic rings. The summed E-state index contributed by atoms with van der Waals surface area (Å²) >= 11 is 0. The number of hydrogen-bond acceptors (Lipinski definition) is 2. The molecule has 0 heterocycles. The largest absolute Gasteiger partial charge is 0.354 e. The highest BCUT2D eigenvalue weighted by Gasteiger charge is 2.29. The molecule has 0 unspecified atom stereocenters. The maximum absolute atomic E-state index is 12.3. The highest BCUT2D eigenvalue weighted by atomic mass is 16.2. The number of carbonyl (C=O) groups excluding carboxylic acids is 2. The van der Waals surface area contributed by atoms with Crippen LogP contribution in [-0.4, -0.2) is 17.9 Å². The molecule has 0 bridgehead atoms. The second-order valence-electron chi connectivity index (χ2n) is 6.92. The van der Waals surface area contributed by atoms with Gasteiger partial charge in [-0.3, -0.25) is 9.59 Å². The average molecular weight is 316 g/mol. The lowest BCUT2D eigenvalue weighted by Crippen LogP contribution is -2.39. The van der Waals surface area contributed by atoms with Gasteiger partial charge in [-0.05, 0) is 52.0 Å². The Kier molecular flexibility index (Phi) is 6.20. The van der Waals surface area contributed by atoms with E-state index in [4.69, 9.17) is 0 Å². The summed E-state index contributed by atoms with van der Waals surface area (Å²) in [6.45, 7) is 6.58. The van der Waals surface area contributed by atoms with Gasteiger partial charge in [-0.1, -0.05) is 29.8 Å². The van der Waals surface area contributed by atoms with Crippen molar-refractivity contribution in [2.24, 2.45) is 11.8 Å². The van der Waals surface area contributed by atoms with Crippen LogP contribution in [0.2, 0.25) is 0 Å². The molecule has 1 aliphatic carbocycles. The minimum atomic E-state index is 0.0450. The van der Waals surface area contributed by atoms with Crippen LogP contribution in [0, 0.1) is 18.8 Å². The number of aryl methyl sites for hydroxylation is 1. The summed E-state index contributed by atoms with van der Waals surface area (Å²) in [5.74, 6) is 0.369. The first-order valence-electron chi connectivity index (χ1n) is 8.59. The molecule has 0 saturated heterocycles. The Morgan fingerprint density at radius 3 is 2.04 bits per heavy atom. The molecular formula is C19H28N2O2. The Morgan fingerprint density at radius 2 is 1.52 bits per heavy atom. The molecule has 23 heavy (non-hydrogen) atoms. The summed E-state index contributed by atoms with van der Waals surface area (Å²) < 4.78 is 0. The molecule has 4 heteroatoms. The third-order valence-electron chi connectivity index (χ3n) is 4.49. The van der Waals surface area contributed by atoms with Gasteiger partial charge in [0, 0.05) is 24.4 Å². The van der Waals surface area contributed by atoms with Crippen molar-refractivity contribution in [1.82, 2.24) is 10.6 Å². The van der Waals surface area contributed by atoms with Crippen LogP contribution in [0.3, 0.4) is 0 Å². The van der Waals surface area contributed by atoms with Gasteiger partial charge in [0.15, 0.2) is 0 Å². The van der Waals surface area contributed by atoms with Crippen molar-refractivity contribution in [1.29, 1.82) is 0 Å². The Balaban J connectivity index is 1.75. The van der Waals surface area contributed by atoms with Crippen LogP contribution in [-0.2, 0) is 16.1 Å².